The molecule has 2 bridgehead atoms. The summed E-state index contributed by atoms with van der Waals surface area (Å²) in [5.41, 5.74) is 4.12. The standard InChI is InChI=1S/C29H33ClN4O/c1-17-31-25-8-6-5-7-21(25)26(32-17)23-14-22(23)20-10-9-18(13-24(20)30)27(35)34(4)19-15-28(2)11-12-29(3,16-19)33-28/h5-10,13,19,22-23,33H,11-12,14-16H2,1-4H3/t19?,22?,23?,28-,29+. The summed E-state index contributed by atoms with van der Waals surface area (Å²) in [6.45, 7) is 6.54. The molecule has 2 aromatic carbocycles. The molecule has 0 spiro atoms. The number of amides is 1. The van der Waals surface area contributed by atoms with Crippen LogP contribution in [-0.4, -0.2) is 44.9 Å². The first-order valence-corrected chi connectivity index (χ1v) is 13.1. The van der Waals surface area contributed by atoms with Gasteiger partial charge < -0.3 is 10.2 Å². The molecule has 1 amide bonds. The number of rotatable bonds is 4. The number of nitrogens with one attached hydrogen (secondary N) is 1. The number of halogens is 1. The number of para-hydroxylation sites is 1. The van der Waals surface area contributed by atoms with E-state index in [9.17, 15) is 4.79 Å². The van der Waals surface area contributed by atoms with E-state index >= 15 is 0 Å². The molecule has 6 rings (SSSR count). The summed E-state index contributed by atoms with van der Waals surface area (Å²) in [6, 6.07) is 14.3. The molecule has 182 valence electrons. The van der Waals surface area contributed by atoms with Gasteiger partial charge >= 0.3 is 0 Å². The van der Waals surface area contributed by atoms with Crippen LogP contribution in [0.25, 0.3) is 10.9 Å². The van der Waals surface area contributed by atoms with Gasteiger partial charge in [0, 0.05) is 46.1 Å². The van der Waals surface area contributed by atoms with Crippen molar-refractivity contribution in [3.05, 3.63) is 70.1 Å². The Kier molecular flexibility index (Phi) is 5.25. The zero-order valence-corrected chi connectivity index (χ0v) is 21.7. The molecule has 35 heavy (non-hydrogen) atoms. The lowest BCUT2D eigenvalue weighted by Gasteiger charge is -2.45. The first-order valence-electron chi connectivity index (χ1n) is 12.7. The van der Waals surface area contributed by atoms with E-state index in [1.54, 1.807) is 0 Å². The molecule has 6 heteroatoms. The fourth-order valence-corrected chi connectivity index (χ4v) is 7.09. The Hall–Kier alpha value is -2.50. The maximum absolute atomic E-state index is 13.4. The number of aryl methyl sites for hydroxylation is 1. The molecule has 2 saturated heterocycles. The summed E-state index contributed by atoms with van der Waals surface area (Å²) in [5.74, 6) is 1.51. The Labute approximate surface area is 212 Å². The highest BCUT2D eigenvalue weighted by atomic mass is 35.5. The molecule has 3 heterocycles. The molecule has 0 radical (unpaired) electrons. The van der Waals surface area contributed by atoms with Crippen LogP contribution in [0.15, 0.2) is 42.5 Å². The monoisotopic (exact) mass is 488 g/mol. The summed E-state index contributed by atoms with van der Waals surface area (Å²) in [4.78, 5) is 24.8. The molecule has 1 aromatic heterocycles. The molecule has 1 saturated carbocycles. The van der Waals surface area contributed by atoms with E-state index in [-0.39, 0.29) is 23.0 Å². The number of fused-ring (bicyclic) bond motifs is 3. The highest BCUT2D eigenvalue weighted by Gasteiger charge is 2.50. The van der Waals surface area contributed by atoms with Crippen molar-refractivity contribution in [1.29, 1.82) is 0 Å². The minimum Gasteiger partial charge on any atom is -0.339 e. The molecule has 1 aliphatic carbocycles. The Morgan fingerprint density at radius 3 is 2.49 bits per heavy atom. The third kappa shape index (κ3) is 4.03. The van der Waals surface area contributed by atoms with Crippen molar-refractivity contribution in [3.63, 3.8) is 0 Å². The summed E-state index contributed by atoms with van der Waals surface area (Å²) >= 11 is 6.79. The van der Waals surface area contributed by atoms with Gasteiger partial charge in [-0.2, -0.15) is 0 Å². The van der Waals surface area contributed by atoms with Gasteiger partial charge in [0.25, 0.3) is 5.91 Å². The smallest absolute Gasteiger partial charge is 0.253 e. The van der Waals surface area contributed by atoms with Gasteiger partial charge in [0.15, 0.2) is 0 Å². The van der Waals surface area contributed by atoms with Gasteiger partial charge in [0.2, 0.25) is 0 Å². The van der Waals surface area contributed by atoms with E-state index in [1.165, 1.54) is 12.8 Å². The number of piperidine rings is 1. The van der Waals surface area contributed by atoms with Crippen LogP contribution in [0.1, 0.15) is 85.2 Å². The Bertz CT molecular complexity index is 1320. The van der Waals surface area contributed by atoms with E-state index < -0.39 is 0 Å². The Morgan fingerprint density at radius 2 is 1.77 bits per heavy atom. The number of hydrogen-bond donors (Lipinski definition) is 1. The Balaban J connectivity index is 1.21. The van der Waals surface area contributed by atoms with Crippen LogP contribution >= 0.6 is 11.6 Å². The maximum atomic E-state index is 13.4. The maximum Gasteiger partial charge on any atom is 0.253 e. The molecule has 3 aromatic rings. The quantitative estimate of drug-likeness (QED) is 0.489. The third-order valence-electron chi connectivity index (χ3n) is 8.61. The molecular formula is C29H33ClN4O. The number of nitrogens with zero attached hydrogens (tertiary/aromatic N) is 3. The highest BCUT2D eigenvalue weighted by molar-refractivity contribution is 6.31. The largest absolute Gasteiger partial charge is 0.339 e. The van der Waals surface area contributed by atoms with Crippen molar-refractivity contribution in [2.45, 2.75) is 81.8 Å². The molecule has 5 nitrogen and oxygen atoms in total. The number of benzene rings is 2. The van der Waals surface area contributed by atoms with Crippen molar-refractivity contribution in [3.8, 4) is 0 Å². The number of carbonyl (C=O) groups is 1. The first-order chi connectivity index (χ1) is 16.6. The van der Waals surface area contributed by atoms with Crippen LogP contribution in [0.4, 0.5) is 0 Å². The topological polar surface area (TPSA) is 58.1 Å². The van der Waals surface area contributed by atoms with Crippen molar-refractivity contribution < 1.29 is 4.79 Å². The molecule has 3 unspecified atom stereocenters. The second-order valence-corrected chi connectivity index (χ2v) is 12.0. The average molecular weight is 489 g/mol. The SMILES string of the molecule is Cc1nc(C2CC2c2ccc(C(=O)N(C)C3C[C@]4(C)CC[C@](C)(C3)N4)cc2Cl)c2ccccc2n1. The normalized spacial score (nSPS) is 31.5. The summed E-state index contributed by atoms with van der Waals surface area (Å²) < 4.78 is 0. The summed E-state index contributed by atoms with van der Waals surface area (Å²) in [7, 11) is 1.95. The lowest BCUT2D eigenvalue weighted by molar-refractivity contribution is 0.0597. The van der Waals surface area contributed by atoms with Gasteiger partial charge in [0.05, 0.1) is 11.2 Å². The Morgan fingerprint density at radius 1 is 1.06 bits per heavy atom. The van der Waals surface area contributed by atoms with Gasteiger partial charge in [-0.05, 0) is 82.6 Å². The number of carbonyl (C=O) groups excluding carboxylic acids is 1. The highest BCUT2D eigenvalue weighted by Crippen LogP contribution is 2.56. The van der Waals surface area contributed by atoms with Crippen molar-refractivity contribution in [1.82, 2.24) is 20.2 Å². The molecular weight excluding hydrogens is 456 g/mol. The summed E-state index contributed by atoms with van der Waals surface area (Å²) in [5, 5.41) is 5.60. The van der Waals surface area contributed by atoms with E-state index in [2.05, 4.69) is 36.3 Å². The van der Waals surface area contributed by atoms with Gasteiger partial charge in [-0.15, -0.1) is 0 Å². The lowest BCUT2D eigenvalue weighted by Crippen LogP contribution is -2.59. The predicted octanol–water partition coefficient (Wildman–Crippen LogP) is 6.00. The fraction of sp³-hybridized carbons (Fsp3) is 0.483. The molecule has 5 atom stereocenters. The van der Waals surface area contributed by atoms with E-state index in [1.807, 2.05) is 49.2 Å². The van der Waals surface area contributed by atoms with E-state index in [0.717, 1.165) is 47.2 Å². The van der Waals surface area contributed by atoms with Gasteiger partial charge in [0.1, 0.15) is 5.82 Å². The van der Waals surface area contributed by atoms with E-state index in [0.29, 0.717) is 22.4 Å². The van der Waals surface area contributed by atoms with Crippen LogP contribution in [0.2, 0.25) is 5.02 Å². The minimum atomic E-state index is 0.0571. The van der Waals surface area contributed by atoms with Gasteiger partial charge in [-0.1, -0.05) is 35.9 Å². The number of hydrogen-bond acceptors (Lipinski definition) is 4. The summed E-state index contributed by atoms with van der Waals surface area (Å²) in [6.07, 6.45) is 5.34. The molecule has 3 aliphatic rings. The van der Waals surface area contributed by atoms with Crippen LogP contribution in [-0.2, 0) is 0 Å². The second-order valence-electron chi connectivity index (χ2n) is 11.6. The molecule has 3 fully saturated rings. The zero-order chi connectivity index (χ0) is 24.5. The van der Waals surface area contributed by atoms with Crippen molar-refractivity contribution in [2.75, 3.05) is 7.05 Å². The minimum absolute atomic E-state index is 0.0571. The van der Waals surface area contributed by atoms with E-state index in [4.69, 9.17) is 16.6 Å². The number of aromatic nitrogens is 2. The van der Waals surface area contributed by atoms with Crippen molar-refractivity contribution >= 4 is 28.4 Å². The lowest BCUT2D eigenvalue weighted by atomic mass is 9.84. The van der Waals surface area contributed by atoms with Crippen LogP contribution in [0.3, 0.4) is 0 Å². The van der Waals surface area contributed by atoms with Gasteiger partial charge in [-0.25, -0.2) is 9.97 Å². The van der Waals surface area contributed by atoms with Crippen LogP contribution in [0, 0.1) is 6.92 Å². The van der Waals surface area contributed by atoms with Gasteiger partial charge in [-0.3, -0.25) is 4.79 Å². The van der Waals surface area contributed by atoms with Crippen LogP contribution < -0.4 is 5.32 Å². The average Bonchev–Trinajstić information content (AvgIpc) is 3.57. The zero-order valence-electron chi connectivity index (χ0n) is 20.9. The molecule has 1 N–H and O–H groups in total. The molecule has 2 aliphatic heterocycles. The predicted molar refractivity (Wildman–Crippen MR) is 140 cm³/mol. The third-order valence-corrected chi connectivity index (χ3v) is 8.93. The van der Waals surface area contributed by atoms with Crippen molar-refractivity contribution in [2.24, 2.45) is 0 Å². The fourth-order valence-electron chi connectivity index (χ4n) is 6.77. The van der Waals surface area contributed by atoms with Crippen LogP contribution in [0.5, 0.6) is 0 Å². The second kappa shape index (κ2) is 8.01. The first kappa shape index (κ1) is 22.9.